The zero-order chi connectivity index (χ0) is 22.0. The van der Waals surface area contributed by atoms with E-state index < -0.39 is 10.0 Å². The topological polar surface area (TPSA) is 91.3 Å². The minimum Gasteiger partial charge on any atom is -0.354 e. The van der Waals surface area contributed by atoms with Gasteiger partial charge in [0.25, 0.3) is 0 Å². The lowest BCUT2D eigenvalue weighted by Gasteiger charge is -2.35. The normalized spacial score (nSPS) is 15.1. The molecule has 0 amide bonds. The van der Waals surface area contributed by atoms with Crippen molar-refractivity contribution in [3.8, 4) is 0 Å². The summed E-state index contributed by atoms with van der Waals surface area (Å²) in [6.45, 7) is 7.51. The summed E-state index contributed by atoms with van der Waals surface area (Å²) >= 11 is 0. The fraction of sp³-hybridized carbons (Fsp3) is 0.318. The third kappa shape index (κ3) is 4.67. The maximum absolute atomic E-state index is 13.2. The van der Waals surface area contributed by atoms with Crippen molar-refractivity contribution in [3.63, 3.8) is 0 Å². The molecule has 9 heteroatoms. The number of aromatic nitrogens is 3. The minimum atomic E-state index is -3.52. The van der Waals surface area contributed by atoms with Gasteiger partial charge in [-0.2, -0.15) is 4.31 Å². The highest BCUT2D eigenvalue weighted by Crippen LogP contribution is 2.25. The van der Waals surface area contributed by atoms with Crippen LogP contribution in [0.2, 0.25) is 0 Å². The highest BCUT2D eigenvalue weighted by molar-refractivity contribution is 7.89. The van der Waals surface area contributed by atoms with Crippen LogP contribution in [-0.2, 0) is 10.0 Å². The summed E-state index contributed by atoms with van der Waals surface area (Å²) in [6.07, 6.45) is 1.72. The van der Waals surface area contributed by atoms with E-state index in [1.165, 1.54) is 0 Å². The molecule has 2 aromatic heterocycles. The van der Waals surface area contributed by atoms with E-state index in [0.717, 1.165) is 16.9 Å². The molecule has 0 spiro atoms. The molecule has 1 N–H and O–H groups in total. The monoisotopic (exact) mass is 438 g/mol. The van der Waals surface area contributed by atoms with E-state index in [1.54, 1.807) is 16.6 Å². The summed E-state index contributed by atoms with van der Waals surface area (Å²) in [5, 5.41) is 3.20. The van der Waals surface area contributed by atoms with Gasteiger partial charge >= 0.3 is 0 Å². The average molecular weight is 439 g/mol. The van der Waals surface area contributed by atoms with Gasteiger partial charge in [0.2, 0.25) is 10.0 Å². The Morgan fingerprint density at radius 3 is 2.39 bits per heavy atom. The van der Waals surface area contributed by atoms with Crippen LogP contribution in [0.5, 0.6) is 0 Å². The van der Waals surface area contributed by atoms with Gasteiger partial charge in [-0.3, -0.25) is 0 Å². The molecule has 0 unspecified atom stereocenters. The van der Waals surface area contributed by atoms with Gasteiger partial charge in [-0.25, -0.2) is 23.4 Å². The quantitative estimate of drug-likeness (QED) is 0.655. The van der Waals surface area contributed by atoms with E-state index in [2.05, 4.69) is 25.2 Å². The van der Waals surface area contributed by atoms with Crippen molar-refractivity contribution >= 4 is 27.5 Å². The van der Waals surface area contributed by atoms with E-state index in [0.29, 0.717) is 48.5 Å². The Balaban J connectivity index is 1.49. The maximum Gasteiger partial charge on any atom is 0.243 e. The summed E-state index contributed by atoms with van der Waals surface area (Å²) < 4.78 is 27.9. The third-order valence-corrected chi connectivity index (χ3v) is 7.31. The van der Waals surface area contributed by atoms with Crippen molar-refractivity contribution in [2.75, 3.05) is 36.4 Å². The average Bonchev–Trinajstić information content (AvgIpc) is 2.76. The molecule has 1 saturated heterocycles. The summed E-state index contributed by atoms with van der Waals surface area (Å²) in [5.74, 6) is 2.78. The number of pyridine rings is 1. The van der Waals surface area contributed by atoms with Gasteiger partial charge in [0.05, 0.1) is 4.90 Å². The van der Waals surface area contributed by atoms with Gasteiger partial charge < -0.3 is 10.2 Å². The van der Waals surface area contributed by atoms with Gasteiger partial charge in [0.1, 0.15) is 23.3 Å². The van der Waals surface area contributed by atoms with E-state index in [1.807, 2.05) is 57.2 Å². The fourth-order valence-electron chi connectivity index (χ4n) is 3.63. The minimum absolute atomic E-state index is 0.390. The summed E-state index contributed by atoms with van der Waals surface area (Å²) in [6, 6.07) is 13.0. The Morgan fingerprint density at radius 1 is 0.903 bits per heavy atom. The van der Waals surface area contributed by atoms with E-state index in [4.69, 9.17) is 0 Å². The molecule has 3 aromatic rings. The Kier molecular flexibility index (Phi) is 5.88. The lowest BCUT2D eigenvalue weighted by Crippen LogP contribution is -2.49. The number of rotatable bonds is 5. The SMILES string of the molecule is Cc1ccc(C)c(S(=O)(=O)N2CCN(c3cc(Nc4ccccn4)nc(C)n3)CC2)c1. The van der Waals surface area contributed by atoms with Crippen LogP contribution in [0.1, 0.15) is 17.0 Å². The maximum atomic E-state index is 13.2. The van der Waals surface area contributed by atoms with Crippen LogP contribution in [-0.4, -0.2) is 53.9 Å². The van der Waals surface area contributed by atoms with Crippen molar-refractivity contribution in [2.24, 2.45) is 0 Å². The molecule has 1 aromatic carbocycles. The molecule has 1 aliphatic rings. The first-order valence-electron chi connectivity index (χ1n) is 10.2. The Bertz CT molecular complexity index is 1180. The van der Waals surface area contributed by atoms with Crippen molar-refractivity contribution < 1.29 is 8.42 Å². The molecule has 0 bridgehead atoms. The summed E-state index contributed by atoms with van der Waals surface area (Å²) in [7, 11) is -3.52. The standard InChI is InChI=1S/C22H26N6O2S/c1-16-7-8-17(2)19(14-16)31(29,30)28-12-10-27(11-13-28)22-15-21(24-18(3)25-22)26-20-6-4-5-9-23-20/h4-9,14-15H,10-13H2,1-3H3,(H,23,24,25,26). The van der Waals surface area contributed by atoms with Gasteiger partial charge in [-0.05, 0) is 50.1 Å². The zero-order valence-electron chi connectivity index (χ0n) is 17.9. The number of nitrogens with one attached hydrogen (secondary N) is 1. The first-order chi connectivity index (χ1) is 14.8. The van der Waals surface area contributed by atoms with Crippen LogP contribution in [0, 0.1) is 20.8 Å². The summed E-state index contributed by atoms with van der Waals surface area (Å²) in [4.78, 5) is 15.7. The van der Waals surface area contributed by atoms with Gasteiger partial charge in [0, 0.05) is 38.4 Å². The van der Waals surface area contributed by atoms with E-state index >= 15 is 0 Å². The second-order valence-corrected chi connectivity index (χ2v) is 9.57. The number of sulfonamides is 1. The Labute approximate surface area is 183 Å². The molecule has 4 rings (SSSR count). The number of piperazine rings is 1. The Hall–Kier alpha value is -3.04. The van der Waals surface area contributed by atoms with Gasteiger partial charge in [0.15, 0.2) is 0 Å². The van der Waals surface area contributed by atoms with Crippen LogP contribution in [0.4, 0.5) is 17.5 Å². The van der Waals surface area contributed by atoms with Crippen molar-refractivity contribution in [3.05, 3.63) is 65.6 Å². The number of hydrogen-bond donors (Lipinski definition) is 1. The van der Waals surface area contributed by atoms with Crippen molar-refractivity contribution in [1.82, 2.24) is 19.3 Å². The zero-order valence-corrected chi connectivity index (χ0v) is 18.7. The molecule has 162 valence electrons. The molecule has 1 aliphatic heterocycles. The first-order valence-corrected chi connectivity index (χ1v) is 11.6. The lowest BCUT2D eigenvalue weighted by atomic mass is 10.2. The molecular weight excluding hydrogens is 412 g/mol. The molecule has 0 saturated carbocycles. The van der Waals surface area contributed by atoms with Crippen LogP contribution in [0.3, 0.4) is 0 Å². The lowest BCUT2D eigenvalue weighted by molar-refractivity contribution is 0.383. The number of nitrogens with zero attached hydrogens (tertiary/aromatic N) is 5. The van der Waals surface area contributed by atoms with Gasteiger partial charge in [-0.15, -0.1) is 0 Å². The van der Waals surface area contributed by atoms with E-state index in [-0.39, 0.29) is 0 Å². The first kappa shape index (κ1) is 21.2. The van der Waals surface area contributed by atoms with Crippen molar-refractivity contribution in [1.29, 1.82) is 0 Å². The van der Waals surface area contributed by atoms with E-state index in [9.17, 15) is 8.42 Å². The summed E-state index contributed by atoms with van der Waals surface area (Å²) in [5.41, 5.74) is 1.71. The van der Waals surface area contributed by atoms with Crippen LogP contribution in [0.15, 0.2) is 53.6 Å². The van der Waals surface area contributed by atoms with Crippen LogP contribution >= 0.6 is 0 Å². The molecular formula is C22H26N6O2S. The predicted molar refractivity (Wildman–Crippen MR) is 121 cm³/mol. The molecule has 1 fully saturated rings. The number of benzene rings is 1. The number of anilines is 3. The number of hydrogen-bond acceptors (Lipinski definition) is 7. The Morgan fingerprint density at radius 2 is 1.68 bits per heavy atom. The third-order valence-electron chi connectivity index (χ3n) is 5.27. The smallest absolute Gasteiger partial charge is 0.243 e. The number of aryl methyl sites for hydroxylation is 3. The van der Waals surface area contributed by atoms with Gasteiger partial charge in [-0.1, -0.05) is 18.2 Å². The molecule has 0 radical (unpaired) electrons. The van der Waals surface area contributed by atoms with Crippen LogP contribution < -0.4 is 10.2 Å². The second kappa shape index (κ2) is 8.60. The predicted octanol–water partition coefficient (Wildman–Crippen LogP) is 3.05. The second-order valence-electron chi connectivity index (χ2n) is 7.66. The molecule has 0 atom stereocenters. The highest BCUT2D eigenvalue weighted by Gasteiger charge is 2.30. The molecule has 31 heavy (non-hydrogen) atoms. The molecule has 0 aliphatic carbocycles. The molecule has 3 heterocycles. The largest absolute Gasteiger partial charge is 0.354 e. The fourth-order valence-corrected chi connectivity index (χ4v) is 5.36. The highest BCUT2D eigenvalue weighted by atomic mass is 32.2. The van der Waals surface area contributed by atoms with Crippen LogP contribution in [0.25, 0.3) is 0 Å². The molecule has 8 nitrogen and oxygen atoms in total. The van der Waals surface area contributed by atoms with Crippen molar-refractivity contribution in [2.45, 2.75) is 25.7 Å².